The van der Waals surface area contributed by atoms with Crippen molar-refractivity contribution in [2.45, 2.75) is 11.1 Å². The van der Waals surface area contributed by atoms with E-state index in [1.165, 1.54) is 6.26 Å². The second-order valence-electron chi connectivity index (χ2n) is 3.58. The Labute approximate surface area is 116 Å². The molecule has 0 spiro atoms. The van der Waals surface area contributed by atoms with Crippen LogP contribution in [0.4, 0.5) is 16.7 Å². The molecule has 0 saturated heterocycles. The normalized spacial score (nSPS) is 11.3. The molecular weight excluding hydrogens is 310 g/mol. The molecule has 2 rings (SSSR count). The monoisotopic (exact) mass is 319 g/mol. The standard InChI is InChI=1S/C8H9N5O5S2/c1-4-3-18-8(10-4)12-20(16,17)6-2-5(13(14)15)7(11-9)19-6/h2-3,11H,9H2,1H3,(H,10,12). The fraction of sp³-hybridized carbons (Fsp3) is 0.125. The summed E-state index contributed by atoms with van der Waals surface area (Å²) in [6.45, 7) is 1.62. The fourth-order valence-electron chi connectivity index (χ4n) is 1.30. The highest BCUT2D eigenvalue weighted by molar-refractivity contribution is 7.94. The number of hydrogen-bond acceptors (Lipinski definition) is 9. The molecule has 20 heavy (non-hydrogen) atoms. The van der Waals surface area contributed by atoms with Gasteiger partial charge in [-0.2, -0.15) is 4.98 Å². The Bertz CT molecular complexity index is 749. The second kappa shape index (κ2) is 5.07. The van der Waals surface area contributed by atoms with Crippen LogP contribution in [0.1, 0.15) is 5.69 Å². The molecule has 0 unspecified atom stereocenters. The lowest BCUT2D eigenvalue weighted by Gasteiger charge is -2.00. The molecule has 0 saturated carbocycles. The van der Waals surface area contributed by atoms with E-state index in [9.17, 15) is 18.5 Å². The third kappa shape index (κ3) is 2.71. The van der Waals surface area contributed by atoms with Crippen LogP contribution in [0.3, 0.4) is 0 Å². The Hall–Kier alpha value is -2.18. The smallest absolute Gasteiger partial charge is 0.309 e. The molecule has 10 nitrogen and oxygen atoms in total. The van der Waals surface area contributed by atoms with Gasteiger partial charge in [0.2, 0.25) is 0 Å². The van der Waals surface area contributed by atoms with Gasteiger partial charge in [0.15, 0.2) is 5.00 Å². The van der Waals surface area contributed by atoms with Crippen LogP contribution in [0.2, 0.25) is 0 Å². The molecular formula is C8H9N5O5S2. The summed E-state index contributed by atoms with van der Waals surface area (Å²) in [6, 6.07) is 0.679. The molecule has 0 aliphatic rings. The van der Waals surface area contributed by atoms with Crippen LogP contribution in [0, 0.1) is 17.0 Å². The van der Waals surface area contributed by atoms with Gasteiger partial charge in [-0.05, 0) is 6.92 Å². The predicted molar refractivity (Wildman–Crippen MR) is 70.8 cm³/mol. The van der Waals surface area contributed by atoms with Crippen LogP contribution < -0.4 is 16.0 Å². The summed E-state index contributed by atoms with van der Waals surface area (Å²) in [6.07, 6.45) is 1.27. The lowest BCUT2D eigenvalue weighted by atomic mass is 10.5. The fourth-order valence-corrected chi connectivity index (χ4v) is 3.47. The van der Waals surface area contributed by atoms with Crippen molar-refractivity contribution >= 4 is 38.1 Å². The van der Waals surface area contributed by atoms with E-state index in [1.54, 1.807) is 6.92 Å². The Morgan fingerprint density at radius 1 is 1.55 bits per heavy atom. The van der Waals surface area contributed by atoms with Gasteiger partial charge in [0.05, 0.1) is 10.6 Å². The van der Waals surface area contributed by atoms with Gasteiger partial charge in [-0.25, -0.2) is 19.0 Å². The van der Waals surface area contributed by atoms with Crippen molar-refractivity contribution < 1.29 is 17.8 Å². The van der Waals surface area contributed by atoms with Crippen molar-refractivity contribution in [1.82, 2.24) is 4.98 Å². The zero-order valence-electron chi connectivity index (χ0n) is 9.98. The van der Waals surface area contributed by atoms with Crippen molar-refractivity contribution in [2.24, 2.45) is 5.84 Å². The number of nitrogen functional groups attached to an aromatic ring is 1. The predicted octanol–water partition coefficient (Wildman–Crippen LogP) is 1.04. The lowest BCUT2D eigenvalue weighted by Crippen LogP contribution is -2.11. The highest BCUT2D eigenvalue weighted by Gasteiger charge is 2.27. The van der Waals surface area contributed by atoms with Crippen molar-refractivity contribution in [2.75, 3.05) is 10.1 Å². The third-order valence-electron chi connectivity index (χ3n) is 2.12. The first-order chi connectivity index (χ1) is 9.33. The first-order valence-corrected chi connectivity index (χ1v) is 7.33. The number of hydrogen-bond donors (Lipinski definition) is 3. The molecule has 0 atom stereocenters. The summed E-state index contributed by atoms with van der Waals surface area (Å²) in [5.74, 6) is 5.11. The molecule has 0 amide bonds. The zero-order valence-corrected chi connectivity index (χ0v) is 11.6. The van der Waals surface area contributed by atoms with Crippen molar-refractivity contribution in [3.8, 4) is 0 Å². The topological polar surface area (TPSA) is 153 Å². The summed E-state index contributed by atoms with van der Waals surface area (Å²) < 4.78 is 30.7. The van der Waals surface area contributed by atoms with Crippen LogP contribution >= 0.6 is 11.3 Å². The minimum atomic E-state index is -4.03. The second-order valence-corrected chi connectivity index (χ2v) is 6.54. The molecule has 108 valence electrons. The van der Waals surface area contributed by atoms with Crippen molar-refractivity contribution in [3.63, 3.8) is 0 Å². The number of nitrogens with zero attached hydrogens (tertiary/aromatic N) is 2. The van der Waals surface area contributed by atoms with E-state index in [0.29, 0.717) is 17.0 Å². The molecule has 0 aliphatic heterocycles. The van der Waals surface area contributed by atoms with E-state index in [-0.39, 0.29) is 15.2 Å². The van der Waals surface area contributed by atoms with Crippen LogP contribution in [-0.4, -0.2) is 18.3 Å². The van der Waals surface area contributed by atoms with Crippen molar-refractivity contribution in [3.05, 3.63) is 28.1 Å². The highest BCUT2D eigenvalue weighted by atomic mass is 32.2. The first-order valence-electron chi connectivity index (χ1n) is 5.03. The average Bonchev–Trinajstić information content (AvgIpc) is 2.95. The number of oxazole rings is 1. The van der Waals surface area contributed by atoms with Crippen LogP contribution in [0.5, 0.6) is 0 Å². The molecule has 0 fully saturated rings. The summed E-state index contributed by atoms with van der Waals surface area (Å²) in [5, 5.41) is 10.7. The Morgan fingerprint density at radius 3 is 2.70 bits per heavy atom. The van der Waals surface area contributed by atoms with E-state index in [0.717, 1.165) is 6.07 Å². The molecule has 0 aromatic carbocycles. The minimum Gasteiger partial charge on any atom is -0.431 e. The van der Waals surface area contributed by atoms with Crippen LogP contribution in [-0.2, 0) is 10.0 Å². The number of sulfonamides is 1. The first kappa shape index (κ1) is 14.2. The Balaban J connectivity index is 2.37. The van der Waals surface area contributed by atoms with E-state index in [1.807, 2.05) is 0 Å². The van der Waals surface area contributed by atoms with Crippen LogP contribution in [0.15, 0.2) is 21.0 Å². The maximum atomic E-state index is 12.0. The molecule has 12 heteroatoms. The van der Waals surface area contributed by atoms with Gasteiger partial charge in [0.1, 0.15) is 10.5 Å². The van der Waals surface area contributed by atoms with Gasteiger partial charge >= 0.3 is 11.7 Å². The molecule has 2 aromatic heterocycles. The van der Waals surface area contributed by atoms with E-state index < -0.39 is 20.6 Å². The number of aromatic nitrogens is 1. The Morgan fingerprint density at radius 2 is 2.25 bits per heavy atom. The van der Waals surface area contributed by atoms with Gasteiger partial charge in [0, 0.05) is 6.07 Å². The SMILES string of the molecule is Cc1coc(NS(=O)(=O)c2cc([N+](=O)[O-])c(NN)s2)n1. The number of hydrazine groups is 1. The summed E-state index contributed by atoms with van der Waals surface area (Å²) in [7, 11) is -4.03. The molecule has 0 radical (unpaired) electrons. The van der Waals surface area contributed by atoms with E-state index in [2.05, 4.69) is 15.1 Å². The zero-order chi connectivity index (χ0) is 14.9. The van der Waals surface area contributed by atoms with Gasteiger partial charge in [-0.1, -0.05) is 11.3 Å². The van der Waals surface area contributed by atoms with Crippen molar-refractivity contribution in [1.29, 1.82) is 0 Å². The molecule has 2 heterocycles. The number of nitrogens with one attached hydrogen (secondary N) is 2. The van der Waals surface area contributed by atoms with Gasteiger partial charge in [-0.15, -0.1) is 0 Å². The molecule has 0 aliphatic carbocycles. The third-order valence-corrected chi connectivity index (χ3v) is 4.97. The number of nitro groups is 1. The number of rotatable bonds is 5. The highest BCUT2D eigenvalue weighted by Crippen LogP contribution is 2.36. The van der Waals surface area contributed by atoms with Gasteiger partial charge < -0.3 is 9.84 Å². The van der Waals surface area contributed by atoms with E-state index >= 15 is 0 Å². The number of aryl methyl sites for hydroxylation is 1. The molecule has 4 N–H and O–H groups in total. The number of anilines is 2. The maximum absolute atomic E-state index is 12.0. The molecule has 2 aromatic rings. The quantitative estimate of drug-likeness (QED) is 0.419. The largest absolute Gasteiger partial charge is 0.431 e. The van der Waals surface area contributed by atoms with E-state index in [4.69, 9.17) is 10.3 Å². The maximum Gasteiger partial charge on any atom is 0.309 e. The van der Waals surface area contributed by atoms with Crippen LogP contribution in [0.25, 0.3) is 0 Å². The number of thiophene rings is 1. The van der Waals surface area contributed by atoms with Gasteiger partial charge in [-0.3, -0.25) is 10.1 Å². The summed E-state index contributed by atoms with van der Waals surface area (Å²) in [5.41, 5.74) is 2.14. The number of nitrogens with two attached hydrogens (primary N) is 1. The minimum absolute atomic E-state index is 0.0704. The lowest BCUT2D eigenvalue weighted by molar-refractivity contribution is -0.383. The summed E-state index contributed by atoms with van der Waals surface area (Å²) >= 11 is 0.623. The summed E-state index contributed by atoms with van der Waals surface area (Å²) in [4.78, 5) is 13.8. The van der Waals surface area contributed by atoms with Gasteiger partial charge in [0.25, 0.3) is 10.0 Å². The Kier molecular flexibility index (Phi) is 3.61. The average molecular weight is 319 g/mol. The molecule has 0 bridgehead atoms.